The van der Waals surface area contributed by atoms with Crippen LogP contribution in [-0.4, -0.2) is 20.5 Å². The maximum absolute atomic E-state index is 12.5. The highest BCUT2D eigenvalue weighted by molar-refractivity contribution is 6.83. The predicted octanol–water partition coefficient (Wildman–Crippen LogP) is 6.47. The third-order valence-electron chi connectivity index (χ3n) is 5.76. The maximum atomic E-state index is 12.5. The highest BCUT2D eigenvalue weighted by Crippen LogP contribution is 2.33. The minimum atomic E-state index is -1.36. The van der Waals surface area contributed by atoms with Crippen molar-refractivity contribution in [2.24, 2.45) is 5.41 Å². The van der Waals surface area contributed by atoms with Crippen LogP contribution in [0.4, 0.5) is 11.4 Å². The first-order chi connectivity index (χ1) is 14.8. The largest absolute Gasteiger partial charge is 0.367 e. The van der Waals surface area contributed by atoms with Crippen molar-refractivity contribution in [3.05, 3.63) is 58.1 Å². The molecule has 1 aliphatic heterocycles. The molecule has 0 bridgehead atoms. The van der Waals surface area contributed by atoms with Gasteiger partial charge in [-0.1, -0.05) is 52.4 Å². The van der Waals surface area contributed by atoms with Gasteiger partial charge in [0, 0.05) is 36.4 Å². The second-order valence-electron chi connectivity index (χ2n) is 11.3. The summed E-state index contributed by atoms with van der Waals surface area (Å²) in [5.41, 5.74) is 11.9. The van der Waals surface area contributed by atoms with E-state index in [1.807, 2.05) is 0 Å². The molecular formula is C28H38N2OSi. The van der Waals surface area contributed by atoms with E-state index in [0.29, 0.717) is 6.42 Å². The number of amides is 1. The van der Waals surface area contributed by atoms with Crippen LogP contribution < -0.4 is 10.2 Å². The first-order valence-electron chi connectivity index (χ1n) is 11.6. The minimum Gasteiger partial charge on any atom is -0.367 e. The van der Waals surface area contributed by atoms with Crippen molar-refractivity contribution < 1.29 is 4.79 Å². The Bertz CT molecular complexity index is 1060. The number of benzene rings is 2. The predicted molar refractivity (Wildman–Crippen MR) is 140 cm³/mol. The van der Waals surface area contributed by atoms with E-state index in [9.17, 15) is 4.79 Å². The van der Waals surface area contributed by atoms with Crippen molar-refractivity contribution in [1.82, 2.24) is 0 Å². The van der Waals surface area contributed by atoms with Crippen LogP contribution >= 0.6 is 0 Å². The van der Waals surface area contributed by atoms with E-state index in [2.05, 4.69) is 106 Å². The van der Waals surface area contributed by atoms with Gasteiger partial charge in [-0.2, -0.15) is 0 Å². The van der Waals surface area contributed by atoms with Crippen molar-refractivity contribution in [3.63, 3.8) is 0 Å². The lowest BCUT2D eigenvalue weighted by Crippen LogP contribution is -2.31. The van der Waals surface area contributed by atoms with E-state index in [1.165, 1.54) is 22.4 Å². The molecule has 1 heterocycles. The minimum absolute atomic E-state index is 0.0174. The molecule has 0 radical (unpaired) electrons. The number of hydrogen-bond donors (Lipinski definition) is 1. The zero-order chi connectivity index (χ0) is 23.7. The molecule has 32 heavy (non-hydrogen) atoms. The van der Waals surface area contributed by atoms with Crippen LogP contribution in [0.1, 0.15) is 55.0 Å². The Morgan fingerprint density at radius 1 is 1.12 bits per heavy atom. The third-order valence-corrected chi connectivity index (χ3v) is 6.64. The Hall–Kier alpha value is -2.51. The molecule has 1 aliphatic rings. The quantitative estimate of drug-likeness (QED) is 0.433. The van der Waals surface area contributed by atoms with E-state index in [1.54, 1.807) is 0 Å². The number of carbonyl (C=O) groups is 1. The molecule has 0 fully saturated rings. The number of nitrogens with zero attached hydrogens (tertiary/aromatic N) is 1. The van der Waals surface area contributed by atoms with Gasteiger partial charge in [0.2, 0.25) is 5.91 Å². The standard InChI is InChI=1S/C28H38N2OSi/c1-20-17-23-19-30(24-11-9-22(10-12-24)14-16-32(6,7)8)15-13-25(23)21(2)27(20)29-26(31)18-28(3,4)5/h9-12,17H,13,15,18-19H2,1-8H3,(H,29,31). The molecule has 3 rings (SSSR count). The summed E-state index contributed by atoms with van der Waals surface area (Å²) in [4.78, 5) is 15.0. The van der Waals surface area contributed by atoms with Crippen LogP contribution in [0.25, 0.3) is 0 Å². The van der Waals surface area contributed by atoms with Crippen molar-refractivity contribution >= 4 is 25.4 Å². The fourth-order valence-electron chi connectivity index (χ4n) is 4.22. The Kier molecular flexibility index (Phi) is 6.90. The first-order valence-corrected chi connectivity index (χ1v) is 15.1. The Balaban J connectivity index is 1.77. The lowest BCUT2D eigenvalue weighted by Gasteiger charge is -2.33. The van der Waals surface area contributed by atoms with E-state index >= 15 is 0 Å². The maximum Gasteiger partial charge on any atom is 0.224 e. The molecule has 1 amide bonds. The van der Waals surface area contributed by atoms with Gasteiger partial charge < -0.3 is 10.2 Å². The summed E-state index contributed by atoms with van der Waals surface area (Å²) in [6.07, 6.45) is 1.51. The summed E-state index contributed by atoms with van der Waals surface area (Å²) in [6, 6.07) is 10.9. The third kappa shape index (κ3) is 6.26. The fraction of sp³-hybridized carbons (Fsp3) is 0.464. The Morgan fingerprint density at radius 3 is 2.38 bits per heavy atom. The molecule has 2 aromatic carbocycles. The van der Waals surface area contributed by atoms with Gasteiger partial charge in [-0.3, -0.25) is 4.79 Å². The molecule has 0 saturated carbocycles. The zero-order valence-electron chi connectivity index (χ0n) is 21.1. The molecule has 2 aromatic rings. The molecule has 170 valence electrons. The molecule has 3 nitrogen and oxygen atoms in total. The van der Waals surface area contributed by atoms with Crippen LogP contribution in [0.3, 0.4) is 0 Å². The fourth-order valence-corrected chi connectivity index (χ4v) is 4.74. The monoisotopic (exact) mass is 446 g/mol. The first kappa shape index (κ1) is 24.1. The molecule has 0 spiro atoms. The highest BCUT2D eigenvalue weighted by Gasteiger charge is 2.23. The van der Waals surface area contributed by atoms with Crippen LogP contribution in [0.15, 0.2) is 30.3 Å². The molecule has 0 atom stereocenters. The number of hydrogen-bond acceptors (Lipinski definition) is 2. The van der Waals surface area contributed by atoms with Gasteiger partial charge in [0.25, 0.3) is 0 Å². The average molecular weight is 447 g/mol. The summed E-state index contributed by atoms with van der Waals surface area (Å²) >= 11 is 0. The van der Waals surface area contributed by atoms with E-state index in [4.69, 9.17) is 0 Å². The van der Waals surface area contributed by atoms with Gasteiger partial charge in [-0.05, 0) is 72.2 Å². The normalized spacial score (nSPS) is 13.8. The van der Waals surface area contributed by atoms with E-state index < -0.39 is 8.07 Å². The summed E-state index contributed by atoms with van der Waals surface area (Å²) in [6.45, 7) is 19.2. The highest BCUT2D eigenvalue weighted by atomic mass is 28.3. The topological polar surface area (TPSA) is 32.3 Å². The van der Waals surface area contributed by atoms with Crippen molar-refractivity contribution in [1.29, 1.82) is 0 Å². The van der Waals surface area contributed by atoms with Gasteiger partial charge in [-0.25, -0.2) is 0 Å². The number of fused-ring (bicyclic) bond motifs is 1. The number of carbonyl (C=O) groups excluding carboxylic acids is 1. The molecular weight excluding hydrogens is 408 g/mol. The number of aryl methyl sites for hydroxylation is 1. The molecule has 0 unspecified atom stereocenters. The van der Waals surface area contributed by atoms with Gasteiger partial charge in [0.05, 0.1) is 0 Å². The summed E-state index contributed by atoms with van der Waals surface area (Å²) in [7, 11) is -1.36. The van der Waals surface area contributed by atoms with Crippen molar-refractivity contribution in [2.45, 2.75) is 73.6 Å². The SMILES string of the molecule is Cc1cc2c(c(C)c1NC(=O)CC(C)(C)C)CCN(c1ccc(C#C[Si](C)(C)C)cc1)C2. The molecule has 0 aliphatic carbocycles. The summed E-state index contributed by atoms with van der Waals surface area (Å²) in [5.74, 6) is 3.44. The van der Waals surface area contributed by atoms with Crippen LogP contribution in [-0.2, 0) is 17.8 Å². The van der Waals surface area contributed by atoms with Crippen molar-refractivity contribution in [3.8, 4) is 11.5 Å². The zero-order valence-corrected chi connectivity index (χ0v) is 22.1. The van der Waals surface area contributed by atoms with Crippen molar-refractivity contribution in [2.75, 3.05) is 16.8 Å². The molecule has 1 N–H and O–H groups in total. The van der Waals surface area contributed by atoms with Gasteiger partial charge >= 0.3 is 0 Å². The smallest absolute Gasteiger partial charge is 0.224 e. The summed E-state index contributed by atoms with van der Waals surface area (Å²) < 4.78 is 0. The van der Waals surface area contributed by atoms with Gasteiger partial charge in [-0.15, -0.1) is 5.54 Å². The Labute approximate surface area is 195 Å². The van der Waals surface area contributed by atoms with Gasteiger partial charge in [0.1, 0.15) is 8.07 Å². The van der Waals surface area contributed by atoms with Crippen LogP contribution in [0.2, 0.25) is 19.6 Å². The van der Waals surface area contributed by atoms with E-state index in [0.717, 1.165) is 36.3 Å². The molecule has 0 aromatic heterocycles. The second kappa shape index (κ2) is 9.15. The number of nitrogens with one attached hydrogen (secondary N) is 1. The number of rotatable bonds is 3. The second-order valence-corrected chi connectivity index (χ2v) is 16.1. The summed E-state index contributed by atoms with van der Waals surface area (Å²) in [5, 5.41) is 3.19. The molecule has 0 saturated heterocycles. The molecule has 4 heteroatoms. The lowest BCUT2D eigenvalue weighted by atomic mass is 9.90. The van der Waals surface area contributed by atoms with E-state index in [-0.39, 0.29) is 11.3 Å². The van der Waals surface area contributed by atoms with Crippen LogP contribution in [0, 0.1) is 30.7 Å². The average Bonchev–Trinajstić information content (AvgIpc) is 2.67. The Morgan fingerprint density at radius 2 is 1.78 bits per heavy atom. The van der Waals surface area contributed by atoms with Crippen LogP contribution in [0.5, 0.6) is 0 Å². The number of anilines is 2. The lowest BCUT2D eigenvalue weighted by molar-refractivity contribution is -0.117. The van der Waals surface area contributed by atoms with Gasteiger partial charge in [0.15, 0.2) is 0 Å².